The molecule has 0 atom stereocenters. The number of fused-ring (bicyclic) bond motifs is 14. The largest absolute Gasteiger partial charge is 0.456 e. The Hall–Kier alpha value is -5.92. The van der Waals surface area contributed by atoms with Gasteiger partial charge in [0.25, 0.3) is 0 Å². The Morgan fingerprint density at radius 1 is 0.370 bits per heavy atom. The Balaban J connectivity index is 1.22. The summed E-state index contributed by atoms with van der Waals surface area (Å²) in [6, 6.07) is 58.3. The van der Waals surface area contributed by atoms with Crippen LogP contribution in [-0.4, -0.2) is 0 Å². The molecule has 0 saturated carbocycles. The zero-order chi connectivity index (χ0) is 30.0. The van der Waals surface area contributed by atoms with E-state index in [-0.39, 0.29) is 0 Å². The molecule has 0 fully saturated rings. The lowest BCUT2D eigenvalue weighted by molar-refractivity contribution is 0.487. The van der Waals surface area contributed by atoms with Crippen molar-refractivity contribution < 1.29 is 4.74 Å². The van der Waals surface area contributed by atoms with Crippen LogP contribution < -0.4 is 4.74 Å². The maximum Gasteiger partial charge on any atom is 0.136 e. The van der Waals surface area contributed by atoms with E-state index in [1.54, 1.807) is 0 Å². The standard InChI is InChI=1S/C45H26O/c1-2-12-31-27(10-1)21-23-39-44(31)36-22-20-28(25-40(36)45(39)37-17-6-3-13-32(37)33-14-4-7-18-38(33)45)30-24-29-11-9-16-35-34-15-5-8-19-41(34)46-42(26-30)43(29)35/h1-26H. The van der Waals surface area contributed by atoms with Gasteiger partial charge in [0.15, 0.2) is 0 Å². The van der Waals surface area contributed by atoms with Crippen LogP contribution in [0.2, 0.25) is 0 Å². The monoisotopic (exact) mass is 582 g/mol. The lowest BCUT2D eigenvalue weighted by Crippen LogP contribution is -2.25. The molecule has 0 saturated heterocycles. The van der Waals surface area contributed by atoms with E-state index in [9.17, 15) is 0 Å². The van der Waals surface area contributed by atoms with Crippen molar-refractivity contribution in [3.05, 3.63) is 180 Å². The number of hydrogen-bond acceptors (Lipinski definition) is 1. The van der Waals surface area contributed by atoms with Gasteiger partial charge in [-0.3, -0.25) is 0 Å². The molecule has 11 rings (SSSR count). The summed E-state index contributed by atoms with van der Waals surface area (Å²) in [5.41, 5.74) is 15.1. The van der Waals surface area contributed by atoms with Gasteiger partial charge in [0.2, 0.25) is 0 Å². The van der Waals surface area contributed by atoms with Crippen LogP contribution in [0.15, 0.2) is 158 Å². The average molecular weight is 583 g/mol. The van der Waals surface area contributed by atoms with Gasteiger partial charge in [0.05, 0.1) is 5.41 Å². The van der Waals surface area contributed by atoms with E-state index in [2.05, 4.69) is 152 Å². The SMILES string of the molecule is c1ccc2c(c1)Oc1cc(-c3ccc4c(c3)C3(c5ccccc5-c5ccccc53)c3ccc5ccccc5c3-4)cc3cccc-2c13. The van der Waals surface area contributed by atoms with Crippen molar-refractivity contribution in [2.45, 2.75) is 5.41 Å². The summed E-state index contributed by atoms with van der Waals surface area (Å²) < 4.78 is 6.59. The van der Waals surface area contributed by atoms with Crippen LogP contribution in [-0.2, 0) is 5.41 Å². The maximum atomic E-state index is 6.59. The summed E-state index contributed by atoms with van der Waals surface area (Å²) in [4.78, 5) is 0. The van der Waals surface area contributed by atoms with Gasteiger partial charge in [0.1, 0.15) is 11.5 Å². The highest BCUT2D eigenvalue weighted by molar-refractivity contribution is 6.08. The summed E-state index contributed by atoms with van der Waals surface area (Å²) in [5, 5.41) is 4.96. The smallest absolute Gasteiger partial charge is 0.136 e. The van der Waals surface area contributed by atoms with E-state index in [1.165, 1.54) is 77.2 Å². The topological polar surface area (TPSA) is 9.23 Å². The van der Waals surface area contributed by atoms with E-state index in [4.69, 9.17) is 4.74 Å². The first-order valence-corrected chi connectivity index (χ1v) is 16.0. The third-order valence-corrected chi connectivity index (χ3v) is 10.6. The van der Waals surface area contributed by atoms with E-state index in [1.807, 2.05) is 6.07 Å². The Morgan fingerprint density at radius 3 is 1.91 bits per heavy atom. The van der Waals surface area contributed by atoms with E-state index in [0.29, 0.717) is 0 Å². The van der Waals surface area contributed by atoms with Gasteiger partial charge >= 0.3 is 0 Å². The Morgan fingerprint density at radius 2 is 1.07 bits per heavy atom. The van der Waals surface area contributed by atoms with Gasteiger partial charge < -0.3 is 4.74 Å². The van der Waals surface area contributed by atoms with Crippen molar-refractivity contribution in [3.8, 4) is 56.0 Å². The highest BCUT2D eigenvalue weighted by atomic mass is 16.5. The van der Waals surface area contributed by atoms with Crippen LogP contribution in [0.1, 0.15) is 22.3 Å². The van der Waals surface area contributed by atoms with Gasteiger partial charge in [-0.1, -0.05) is 133 Å². The van der Waals surface area contributed by atoms with Crippen LogP contribution in [0, 0.1) is 0 Å². The second kappa shape index (κ2) is 8.62. The van der Waals surface area contributed by atoms with Crippen molar-refractivity contribution in [3.63, 3.8) is 0 Å². The molecule has 0 aromatic heterocycles. The van der Waals surface area contributed by atoms with Crippen molar-refractivity contribution in [1.29, 1.82) is 0 Å². The zero-order valence-electron chi connectivity index (χ0n) is 24.9. The Bertz CT molecular complexity index is 2580. The van der Waals surface area contributed by atoms with Gasteiger partial charge in [-0.2, -0.15) is 0 Å². The minimum absolute atomic E-state index is 0.397. The second-order valence-corrected chi connectivity index (χ2v) is 12.8. The van der Waals surface area contributed by atoms with Crippen LogP contribution in [0.25, 0.3) is 66.1 Å². The molecule has 8 aromatic rings. The number of ether oxygens (including phenoxy) is 1. The first-order chi connectivity index (χ1) is 22.8. The molecule has 0 bridgehead atoms. The lowest BCUT2D eigenvalue weighted by atomic mass is 9.70. The summed E-state index contributed by atoms with van der Waals surface area (Å²) in [6.07, 6.45) is 0. The number of hydrogen-bond donors (Lipinski definition) is 0. The van der Waals surface area contributed by atoms with Gasteiger partial charge in [-0.25, -0.2) is 0 Å². The quantitative estimate of drug-likeness (QED) is 0.187. The minimum Gasteiger partial charge on any atom is -0.456 e. The molecule has 1 aliphatic heterocycles. The fourth-order valence-electron chi connectivity index (χ4n) is 8.84. The summed E-state index contributed by atoms with van der Waals surface area (Å²) in [5.74, 6) is 1.83. The van der Waals surface area contributed by atoms with Crippen LogP contribution >= 0.6 is 0 Å². The predicted molar refractivity (Wildman–Crippen MR) is 189 cm³/mol. The Kier molecular flexibility index (Phi) is 4.57. The first kappa shape index (κ1) is 24.4. The van der Waals surface area contributed by atoms with Gasteiger partial charge in [0, 0.05) is 10.9 Å². The molecule has 1 heteroatoms. The maximum absolute atomic E-state index is 6.59. The number of para-hydroxylation sites is 1. The molecule has 0 N–H and O–H groups in total. The molecular formula is C45H26O. The van der Waals surface area contributed by atoms with Crippen molar-refractivity contribution in [1.82, 2.24) is 0 Å². The molecule has 0 radical (unpaired) electrons. The molecule has 1 nitrogen and oxygen atoms in total. The highest BCUT2D eigenvalue weighted by Gasteiger charge is 2.52. The third-order valence-electron chi connectivity index (χ3n) is 10.6. The van der Waals surface area contributed by atoms with E-state index < -0.39 is 5.41 Å². The molecule has 3 aliphatic rings. The highest BCUT2D eigenvalue weighted by Crippen LogP contribution is 2.64. The fourth-order valence-corrected chi connectivity index (χ4v) is 8.84. The van der Waals surface area contributed by atoms with E-state index in [0.717, 1.165) is 22.6 Å². The van der Waals surface area contributed by atoms with Crippen molar-refractivity contribution >= 4 is 21.5 Å². The Labute approximate surface area is 267 Å². The lowest BCUT2D eigenvalue weighted by Gasteiger charge is -2.31. The molecule has 0 amide bonds. The molecule has 212 valence electrons. The van der Waals surface area contributed by atoms with Gasteiger partial charge in [-0.05, 0) is 102 Å². The predicted octanol–water partition coefficient (Wildman–Crippen LogP) is 11.8. The first-order valence-electron chi connectivity index (χ1n) is 16.0. The molecule has 46 heavy (non-hydrogen) atoms. The van der Waals surface area contributed by atoms with Crippen molar-refractivity contribution in [2.75, 3.05) is 0 Å². The fraction of sp³-hybridized carbons (Fsp3) is 0.0222. The second-order valence-electron chi connectivity index (χ2n) is 12.8. The molecule has 1 heterocycles. The minimum atomic E-state index is -0.397. The number of benzene rings is 8. The van der Waals surface area contributed by atoms with Gasteiger partial charge in [-0.15, -0.1) is 0 Å². The zero-order valence-corrected chi connectivity index (χ0v) is 24.9. The van der Waals surface area contributed by atoms with Crippen LogP contribution in [0.3, 0.4) is 0 Å². The molecule has 1 spiro atoms. The number of rotatable bonds is 1. The summed E-state index contributed by atoms with van der Waals surface area (Å²) >= 11 is 0. The molecule has 0 unspecified atom stereocenters. The van der Waals surface area contributed by atoms with Crippen LogP contribution in [0.4, 0.5) is 0 Å². The average Bonchev–Trinajstić information content (AvgIpc) is 3.59. The van der Waals surface area contributed by atoms with E-state index >= 15 is 0 Å². The summed E-state index contributed by atoms with van der Waals surface area (Å²) in [7, 11) is 0. The normalized spacial score (nSPS) is 14.0. The van der Waals surface area contributed by atoms with Crippen molar-refractivity contribution in [2.24, 2.45) is 0 Å². The third kappa shape index (κ3) is 2.91. The van der Waals surface area contributed by atoms with Crippen LogP contribution in [0.5, 0.6) is 11.5 Å². The molecular weight excluding hydrogens is 556 g/mol. The molecule has 8 aromatic carbocycles. The molecule has 2 aliphatic carbocycles. The summed E-state index contributed by atoms with van der Waals surface area (Å²) in [6.45, 7) is 0.